The zero-order valence-electron chi connectivity index (χ0n) is 15.3. The first-order chi connectivity index (χ1) is 13.9. The molecule has 0 spiro atoms. The van der Waals surface area contributed by atoms with Crippen LogP contribution in [-0.2, 0) is 20.8 Å². The number of halogens is 1. The van der Waals surface area contributed by atoms with Gasteiger partial charge in [0, 0.05) is 10.4 Å². The number of hydrogen-bond donors (Lipinski definition) is 5. The lowest BCUT2D eigenvalue weighted by atomic mass is 9.62. The number of amides is 1. The maximum absolute atomic E-state index is 13.3. The molecular formula is C20H14ClNO8. The van der Waals surface area contributed by atoms with Crippen LogP contribution in [0, 0.1) is 12.8 Å². The molecule has 0 unspecified atom stereocenters. The molecule has 0 radical (unpaired) electrons. The normalized spacial score (nSPS) is 23.6. The Balaban J connectivity index is 2.10. The fourth-order valence-corrected chi connectivity index (χ4v) is 4.64. The minimum Gasteiger partial charge on any atom is -0.507 e. The standard InChI is InChI=1S/C20H14ClNO8/c1-5-6-4-7-14(24)16(26)13(19(22)29)18(28)20(7,30)17(27)11(6)15(25)12-9(23)3-2-8(21)10(5)12/h2-3,7,23,25-26,30H,4H2,1H3,(H2,22,29)/t7-,20-/m0/s1. The Labute approximate surface area is 173 Å². The number of aliphatic hydroxyl groups excluding tert-OH is 1. The van der Waals surface area contributed by atoms with Gasteiger partial charge in [0.05, 0.1) is 16.9 Å². The van der Waals surface area contributed by atoms with Crippen LogP contribution in [0.2, 0.25) is 5.02 Å². The number of benzene rings is 2. The van der Waals surface area contributed by atoms with Gasteiger partial charge >= 0.3 is 0 Å². The van der Waals surface area contributed by atoms with Gasteiger partial charge in [0.2, 0.25) is 23.0 Å². The number of carbonyl (C=O) groups excluding carboxylic acids is 4. The van der Waals surface area contributed by atoms with Gasteiger partial charge in [0.25, 0.3) is 5.91 Å². The van der Waals surface area contributed by atoms with E-state index in [2.05, 4.69) is 0 Å². The summed E-state index contributed by atoms with van der Waals surface area (Å²) in [5, 5.41) is 42.2. The van der Waals surface area contributed by atoms with Crippen molar-refractivity contribution in [3.8, 4) is 11.5 Å². The van der Waals surface area contributed by atoms with Gasteiger partial charge in [0.1, 0.15) is 17.1 Å². The van der Waals surface area contributed by atoms with Gasteiger partial charge in [-0.15, -0.1) is 0 Å². The zero-order chi connectivity index (χ0) is 22.3. The van der Waals surface area contributed by atoms with Crippen molar-refractivity contribution in [3.05, 3.63) is 45.2 Å². The number of aromatic hydroxyl groups is 2. The van der Waals surface area contributed by atoms with Gasteiger partial charge < -0.3 is 26.2 Å². The molecule has 30 heavy (non-hydrogen) atoms. The van der Waals surface area contributed by atoms with E-state index in [-0.39, 0.29) is 21.4 Å². The van der Waals surface area contributed by atoms with Gasteiger partial charge in [-0.3, -0.25) is 19.2 Å². The monoisotopic (exact) mass is 431 g/mol. The van der Waals surface area contributed by atoms with Crippen LogP contribution in [0.4, 0.5) is 0 Å². The number of primary amides is 1. The van der Waals surface area contributed by atoms with Crippen molar-refractivity contribution in [1.29, 1.82) is 0 Å². The van der Waals surface area contributed by atoms with Crippen LogP contribution in [0.5, 0.6) is 11.5 Å². The second kappa shape index (κ2) is 6.04. The number of aryl methyl sites for hydroxylation is 1. The highest BCUT2D eigenvalue weighted by Crippen LogP contribution is 2.49. The maximum atomic E-state index is 13.3. The Kier molecular flexibility index (Phi) is 4.00. The number of phenolic OH excluding ortho intramolecular Hbond substituents is 2. The Bertz CT molecular complexity index is 1280. The Morgan fingerprint density at radius 3 is 2.37 bits per heavy atom. The van der Waals surface area contributed by atoms with E-state index < -0.39 is 69.6 Å². The zero-order valence-corrected chi connectivity index (χ0v) is 16.1. The van der Waals surface area contributed by atoms with Crippen molar-refractivity contribution in [2.45, 2.75) is 18.9 Å². The third-order valence-corrected chi connectivity index (χ3v) is 6.14. The second-order valence-electron chi connectivity index (χ2n) is 7.28. The summed E-state index contributed by atoms with van der Waals surface area (Å²) in [5.74, 6) is -9.66. The molecule has 0 fully saturated rings. The molecule has 6 N–H and O–H groups in total. The molecule has 10 heteroatoms. The van der Waals surface area contributed by atoms with E-state index in [1.165, 1.54) is 19.1 Å². The Morgan fingerprint density at radius 2 is 1.77 bits per heavy atom. The number of nitrogens with two attached hydrogens (primary N) is 1. The minimum atomic E-state index is -3.05. The lowest BCUT2D eigenvalue weighted by molar-refractivity contribution is -0.146. The Morgan fingerprint density at radius 1 is 1.13 bits per heavy atom. The van der Waals surface area contributed by atoms with Crippen LogP contribution in [0.25, 0.3) is 10.8 Å². The first-order valence-electron chi connectivity index (χ1n) is 8.69. The van der Waals surface area contributed by atoms with Gasteiger partial charge in [0.15, 0.2) is 5.76 Å². The van der Waals surface area contributed by atoms with Crippen LogP contribution >= 0.6 is 11.6 Å². The molecule has 0 saturated heterocycles. The summed E-state index contributed by atoms with van der Waals surface area (Å²) in [7, 11) is 0. The largest absolute Gasteiger partial charge is 0.507 e. The number of carbonyl (C=O) groups is 4. The SMILES string of the molecule is Cc1c2c(c(O)c3c(O)ccc(Cl)c13)C(=O)[C@]1(O)C(=O)C(C(N)=O)=C(O)C(=O)[C@@H]1C2. The Hall–Kier alpha value is -3.43. The van der Waals surface area contributed by atoms with Crippen LogP contribution in [0.3, 0.4) is 0 Å². The fraction of sp³-hybridized carbons (Fsp3) is 0.200. The van der Waals surface area contributed by atoms with Crippen LogP contribution < -0.4 is 5.73 Å². The minimum absolute atomic E-state index is 0.114. The highest BCUT2D eigenvalue weighted by atomic mass is 35.5. The maximum Gasteiger partial charge on any atom is 0.256 e. The summed E-state index contributed by atoms with van der Waals surface area (Å²) in [6.45, 7) is 1.53. The van der Waals surface area contributed by atoms with Crippen molar-refractivity contribution < 1.29 is 39.6 Å². The molecule has 154 valence electrons. The number of aliphatic hydroxyl groups is 2. The number of ketones is 3. The van der Waals surface area contributed by atoms with E-state index in [1.54, 1.807) is 0 Å². The lowest BCUT2D eigenvalue weighted by Crippen LogP contribution is -2.62. The number of rotatable bonds is 1. The smallest absolute Gasteiger partial charge is 0.256 e. The quantitative estimate of drug-likeness (QED) is 0.324. The molecule has 0 saturated carbocycles. The van der Waals surface area contributed by atoms with E-state index in [0.29, 0.717) is 5.56 Å². The predicted octanol–water partition coefficient (Wildman–Crippen LogP) is 0.748. The molecule has 2 aromatic rings. The number of Topliss-reactive ketones (excluding diaryl/α,β-unsaturated/α-hetero) is 3. The van der Waals surface area contributed by atoms with Crippen LogP contribution in [0.1, 0.15) is 21.5 Å². The first-order valence-corrected chi connectivity index (χ1v) is 9.07. The predicted molar refractivity (Wildman–Crippen MR) is 102 cm³/mol. The van der Waals surface area contributed by atoms with E-state index in [4.69, 9.17) is 17.3 Å². The second-order valence-corrected chi connectivity index (χ2v) is 7.68. The summed E-state index contributed by atoms with van der Waals surface area (Å²) in [5.41, 5.74) is 0.778. The molecule has 2 aliphatic rings. The number of hydrogen-bond acceptors (Lipinski definition) is 8. The van der Waals surface area contributed by atoms with E-state index in [9.17, 15) is 39.6 Å². The summed E-state index contributed by atoms with van der Waals surface area (Å²) < 4.78 is 0. The average Bonchev–Trinajstić information content (AvgIpc) is 2.67. The third-order valence-electron chi connectivity index (χ3n) is 5.83. The molecule has 2 atom stereocenters. The number of fused-ring (bicyclic) bond motifs is 3. The molecule has 1 amide bonds. The highest BCUT2D eigenvalue weighted by molar-refractivity contribution is 6.39. The third kappa shape index (κ3) is 2.16. The molecule has 0 bridgehead atoms. The fourth-order valence-electron chi connectivity index (χ4n) is 4.34. The number of phenols is 2. The molecule has 4 rings (SSSR count). The molecule has 0 aromatic heterocycles. The molecular weight excluding hydrogens is 418 g/mol. The van der Waals surface area contributed by atoms with Gasteiger partial charge in [-0.2, -0.15) is 0 Å². The van der Waals surface area contributed by atoms with Crippen molar-refractivity contribution in [2.75, 3.05) is 0 Å². The highest BCUT2D eigenvalue weighted by Gasteiger charge is 2.63. The van der Waals surface area contributed by atoms with Crippen molar-refractivity contribution in [2.24, 2.45) is 11.7 Å². The van der Waals surface area contributed by atoms with Gasteiger partial charge in [-0.05, 0) is 36.6 Å². The molecule has 2 aromatic carbocycles. The van der Waals surface area contributed by atoms with Crippen molar-refractivity contribution in [3.63, 3.8) is 0 Å². The van der Waals surface area contributed by atoms with Crippen LogP contribution in [-0.4, -0.2) is 49.3 Å². The van der Waals surface area contributed by atoms with E-state index >= 15 is 0 Å². The summed E-state index contributed by atoms with van der Waals surface area (Å²) >= 11 is 6.20. The summed E-state index contributed by atoms with van der Waals surface area (Å²) in [6.07, 6.45) is -0.417. The first kappa shape index (κ1) is 19.9. The molecule has 0 heterocycles. The number of allylic oxidation sites excluding steroid dienone is 1. The average molecular weight is 432 g/mol. The molecule has 0 aliphatic heterocycles. The molecule has 2 aliphatic carbocycles. The van der Waals surface area contributed by atoms with Gasteiger partial charge in [-0.25, -0.2) is 0 Å². The van der Waals surface area contributed by atoms with E-state index in [1.807, 2.05) is 0 Å². The van der Waals surface area contributed by atoms with E-state index in [0.717, 1.165) is 0 Å². The van der Waals surface area contributed by atoms with Crippen molar-refractivity contribution in [1.82, 2.24) is 0 Å². The van der Waals surface area contributed by atoms with Crippen LogP contribution in [0.15, 0.2) is 23.5 Å². The summed E-state index contributed by atoms with van der Waals surface area (Å²) in [6, 6.07) is 2.57. The van der Waals surface area contributed by atoms with Crippen molar-refractivity contribution >= 4 is 45.6 Å². The lowest BCUT2D eigenvalue weighted by Gasteiger charge is -2.40. The molecule has 9 nitrogen and oxygen atoms in total. The topological polar surface area (TPSA) is 175 Å². The summed E-state index contributed by atoms with van der Waals surface area (Å²) in [4.78, 5) is 50.3. The van der Waals surface area contributed by atoms with Gasteiger partial charge in [-0.1, -0.05) is 11.6 Å².